The van der Waals surface area contributed by atoms with Crippen LogP contribution in [0.2, 0.25) is 0 Å². The monoisotopic (exact) mass is 196 g/mol. The highest BCUT2D eigenvalue weighted by Crippen LogP contribution is 2.17. The van der Waals surface area contributed by atoms with Gasteiger partial charge in [-0.05, 0) is 0 Å². The Morgan fingerprint density at radius 2 is 1.64 bits per heavy atom. The molecule has 0 aromatic heterocycles. The predicted molar refractivity (Wildman–Crippen MR) is 44.4 cm³/mol. The van der Waals surface area contributed by atoms with Crippen LogP contribution in [0.4, 0.5) is 0 Å². The fourth-order valence-electron chi connectivity index (χ4n) is 0.396. The number of methoxy groups -OCH3 is 2. The molecule has 0 unspecified atom stereocenters. The summed E-state index contributed by atoms with van der Waals surface area (Å²) < 4.78 is 8.63. The molecule has 0 amide bonds. The van der Waals surface area contributed by atoms with E-state index in [-0.39, 0.29) is 0 Å². The first-order valence-corrected chi connectivity index (χ1v) is 4.56. The van der Waals surface area contributed by atoms with E-state index in [1.165, 1.54) is 14.2 Å². The van der Waals surface area contributed by atoms with Crippen molar-refractivity contribution in [2.24, 2.45) is 0 Å². The van der Waals surface area contributed by atoms with Crippen LogP contribution >= 0.6 is 22.5 Å². The average Bonchev–Trinajstić information content (AvgIpc) is 2.05. The SMILES string of the molecule is COC(=O)C(SS)C(=O)OC. The Kier molecular flexibility index (Phi) is 5.14. The number of carbonyl (C=O) groups excluding carboxylic acids is 2. The Balaban J connectivity index is 4.15. The lowest BCUT2D eigenvalue weighted by Gasteiger charge is -2.07. The van der Waals surface area contributed by atoms with Gasteiger partial charge >= 0.3 is 11.9 Å². The van der Waals surface area contributed by atoms with Crippen LogP contribution in [-0.2, 0) is 19.1 Å². The van der Waals surface area contributed by atoms with Crippen LogP contribution in [0.1, 0.15) is 0 Å². The minimum absolute atomic E-state index is 0.656. The summed E-state index contributed by atoms with van der Waals surface area (Å²) in [4.78, 5) is 21.5. The summed E-state index contributed by atoms with van der Waals surface area (Å²) in [6, 6.07) is 0. The van der Waals surface area contributed by atoms with E-state index in [4.69, 9.17) is 0 Å². The molecule has 6 heteroatoms. The van der Waals surface area contributed by atoms with E-state index >= 15 is 0 Å². The van der Waals surface area contributed by atoms with Gasteiger partial charge in [0.25, 0.3) is 0 Å². The molecule has 0 fully saturated rings. The molecule has 0 saturated carbocycles. The van der Waals surface area contributed by atoms with Crippen LogP contribution in [0.15, 0.2) is 0 Å². The maximum absolute atomic E-state index is 10.8. The lowest BCUT2D eigenvalue weighted by atomic mass is 10.4. The molecule has 11 heavy (non-hydrogen) atoms. The molecule has 4 nitrogen and oxygen atoms in total. The molecular weight excluding hydrogens is 188 g/mol. The summed E-state index contributed by atoms with van der Waals surface area (Å²) in [5, 5.41) is -0.992. The van der Waals surface area contributed by atoms with Crippen molar-refractivity contribution in [2.75, 3.05) is 14.2 Å². The summed E-state index contributed by atoms with van der Waals surface area (Å²) in [5.41, 5.74) is 0. The molecule has 0 aliphatic rings. The van der Waals surface area contributed by atoms with Gasteiger partial charge in [-0.3, -0.25) is 9.59 Å². The zero-order chi connectivity index (χ0) is 8.85. The van der Waals surface area contributed by atoms with E-state index in [1.807, 2.05) is 0 Å². The van der Waals surface area contributed by atoms with E-state index in [0.717, 1.165) is 10.8 Å². The summed E-state index contributed by atoms with van der Waals surface area (Å²) >= 11 is 3.72. The fourth-order valence-corrected chi connectivity index (χ4v) is 1.28. The van der Waals surface area contributed by atoms with Crippen LogP contribution in [0.25, 0.3) is 0 Å². The molecule has 0 bridgehead atoms. The Morgan fingerprint density at radius 3 is 1.82 bits per heavy atom. The van der Waals surface area contributed by atoms with E-state index in [0.29, 0.717) is 0 Å². The first-order chi connectivity index (χ1) is 5.17. The van der Waals surface area contributed by atoms with Crippen molar-refractivity contribution >= 4 is 34.4 Å². The van der Waals surface area contributed by atoms with Gasteiger partial charge in [0, 0.05) is 0 Å². The highest BCUT2D eigenvalue weighted by molar-refractivity contribution is 8.69. The van der Waals surface area contributed by atoms with Crippen molar-refractivity contribution in [1.29, 1.82) is 0 Å². The minimum atomic E-state index is -0.992. The van der Waals surface area contributed by atoms with E-state index in [1.54, 1.807) is 0 Å². The van der Waals surface area contributed by atoms with Gasteiger partial charge in [0.05, 0.1) is 14.2 Å². The second-order valence-corrected chi connectivity index (χ2v) is 2.85. The molecule has 0 rings (SSSR count). The number of esters is 2. The Bertz CT molecular complexity index is 143. The van der Waals surface area contributed by atoms with Gasteiger partial charge in [-0.1, -0.05) is 10.8 Å². The molecule has 0 aliphatic heterocycles. The summed E-state index contributed by atoms with van der Waals surface area (Å²) in [5.74, 6) is -1.31. The second-order valence-electron chi connectivity index (χ2n) is 1.53. The first-order valence-electron chi connectivity index (χ1n) is 2.63. The van der Waals surface area contributed by atoms with Gasteiger partial charge in [-0.25, -0.2) is 0 Å². The number of rotatable bonds is 3. The van der Waals surface area contributed by atoms with Gasteiger partial charge in [0.15, 0.2) is 0 Å². The predicted octanol–water partition coefficient (Wildman–Crippen LogP) is 0.279. The van der Waals surface area contributed by atoms with Crippen molar-refractivity contribution in [1.82, 2.24) is 0 Å². The quantitative estimate of drug-likeness (QED) is 0.304. The Morgan fingerprint density at radius 1 is 1.27 bits per heavy atom. The smallest absolute Gasteiger partial charge is 0.331 e. The second kappa shape index (κ2) is 5.31. The highest BCUT2D eigenvalue weighted by atomic mass is 33.1. The van der Waals surface area contributed by atoms with Gasteiger partial charge in [0.2, 0.25) is 5.25 Å². The molecule has 0 aromatic carbocycles. The molecule has 0 radical (unpaired) electrons. The van der Waals surface area contributed by atoms with Gasteiger partial charge in [-0.15, -0.1) is 11.7 Å². The molecule has 0 aliphatic carbocycles. The lowest BCUT2D eigenvalue weighted by Crippen LogP contribution is -2.28. The zero-order valence-corrected chi connectivity index (χ0v) is 7.78. The largest absolute Gasteiger partial charge is 0.468 e. The normalized spacial score (nSPS) is 9.45. The minimum Gasteiger partial charge on any atom is -0.468 e. The Hall–Kier alpha value is -0.360. The van der Waals surface area contributed by atoms with Crippen LogP contribution in [0.3, 0.4) is 0 Å². The van der Waals surface area contributed by atoms with Crippen LogP contribution in [0.5, 0.6) is 0 Å². The van der Waals surface area contributed by atoms with E-state index < -0.39 is 17.2 Å². The zero-order valence-electron chi connectivity index (χ0n) is 6.07. The molecule has 0 spiro atoms. The molecule has 0 aromatic rings. The molecule has 64 valence electrons. The molecule has 0 heterocycles. The van der Waals surface area contributed by atoms with Crippen LogP contribution in [-0.4, -0.2) is 31.4 Å². The standard InChI is InChI=1S/C5H8O4S2/c1-8-4(6)3(11-10)5(7)9-2/h3,10H,1-2H3. The van der Waals surface area contributed by atoms with Crippen molar-refractivity contribution < 1.29 is 19.1 Å². The van der Waals surface area contributed by atoms with Crippen molar-refractivity contribution in [3.8, 4) is 0 Å². The number of hydrogen-bond acceptors (Lipinski definition) is 6. The maximum Gasteiger partial charge on any atom is 0.331 e. The lowest BCUT2D eigenvalue weighted by molar-refractivity contribution is -0.150. The Labute approximate surface area is 73.4 Å². The third-order valence-electron chi connectivity index (χ3n) is 0.936. The average molecular weight is 196 g/mol. The van der Waals surface area contributed by atoms with Crippen molar-refractivity contribution in [3.05, 3.63) is 0 Å². The molecule has 0 saturated heterocycles. The summed E-state index contributed by atoms with van der Waals surface area (Å²) in [6.45, 7) is 0. The summed E-state index contributed by atoms with van der Waals surface area (Å²) in [6.07, 6.45) is 0. The van der Waals surface area contributed by atoms with Crippen LogP contribution in [0, 0.1) is 0 Å². The summed E-state index contributed by atoms with van der Waals surface area (Å²) in [7, 11) is 3.17. The van der Waals surface area contributed by atoms with E-state index in [9.17, 15) is 9.59 Å². The van der Waals surface area contributed by atoms with Crippen LogP contribution < -0.4 is 0 Å². The first kappa shape index (κ1) is 10.6. The van der Waals surface area contributed by atoms with Gasteiger partial charge < -0.3 is 9.47 Å². The number of ether oxygens (including phenoxy) is 2. The number of carbonyl (C=O) groups is 2. The highest BCUT2D eigenvalue weighted by Gasteiger charge is 2.27. The molecule has 0 N–H and O–H groups in total. The fraction of sp³-hybridized carbons (Fsp3) is 0.600. The maximum atomic E-state index is 10.8. The number of thiol groups is 1. The molecular formula is C5H8O4S2. The third-order valence-corrected chi connectivity index (χ3v) is 2.16. The van der Waals surface area contributed by atoms with Crippen molar-refractivity contribution in [2.45, 2.75) is 5.25 Å². The van der Waals surface area contributed by atoms with E-state index in [2.05, 4.69) is 21.1 Å². The van der Waals surface area contributed by atoms with Gasteiger partial charge in [0.1, 0.15) is 0 Å². The topological polar surface area (TPSA) is 52.6 Å². The third kappa shape index (κ3) is 3.02. The van der Waals surface area contributed by atoms with Gasteiger partial charge in [-0.2, -0.15) is 0 Å². The molecule has 0 atom stereocenters. The van der Waals surface area contributed by atoms with Crippen molar-refractivity contribution in [3.63, 3.8) is 0 Å². The number of hydrogen-bond donors (Lipinski definition) is 1.